The van der Waals surface area contributed by atoms with Crippen molar-refractivity contribution in [2.75, 3.05) is 6.54 Å². The first-order valence-corrected chi connectivity index (χ1v) is 6.81. The van der Waals surface area contributed by atoms with Gasteiger partial charge in [0, 0.05) is 25.2 Å². The van der Waals surface area contributed by atoms with Crippen LogP contribution in [0.2, 0.25) is 0 Å². The van der Waals surface area contributed by atoms with E-state index in [2.05, 4.69) is 17.4 Å². The van der Waals surface area contributed by atoms with Crippen molar-refractivity contribution < 1.29 is 9.66 Å². The molecule has 0 radical (unpaired) electrons. The highest BCUT2D eigenvalue weighted by Crippen LogP contribution is 2.18. The van der Waals surface area contributed by atoms with Crippen LogP contribution in [0, 0.1) is 10.1 Å². The number of hydrogen-bond donors (Lipinski definition) is 1. The van der Waals surface area contributed by atoms with E-state index in [-0.39, 0.29) is 11.8 Å². The minimum atomic E-state index is -0.422. The minimum absolute atomic E-state index is 0.0184. The van der Waals surface area contributed by atoms with E-state index in [0.29, 0.717) is 12.3 Å². The van der Waals surface area contributed by atoms with Crippen molar-refractivity contribution in [3.63, 3.8) is 0 Å². The fourth-order valence-corrected chi connectivity index (χ4v) is 1.94. The van der Waals surface area contributed by atoms with Gasteiger partial charge in [-0.3, -0.25) is 10.1 Å². The van der Waals surface area contributed by atoms with Crippen molar-refractivity contribution in [3.8, 4) is 5.75 Å². The van der Waals surface area contributed by atoms with Crippen LogP contribution in [0.25, 0.3) is 0 Å². The van der Waals surface area contributed by atoms with Gasteiger partial charge < -0.3 is 10.1 Å². The quantitative estimate of drug-likeness (QED) is 0.627. The van der Waals surface area contributed by atoms with Crippen LogP contribution in [0.4, 0.5) is 5.69 Å². The Labute approximate surface area is 123 Å². The number of non-ortho nitro benzene ring substituents is 1. The number of nitro benzene ring substituents is 1. The molecule has 0 heterocycles. The molecule has 1 atom stereocenters. The van der Waals surface area contributed by atoms with E-state index in [0.717, 1.165) is 6.54 Å². The Kier molecular flexibility index (Phi) is 5.29. The zero-order chi connectivity index (χ0) is 15.1. The molecule has 1 unspecified atom stereocenters. The molecule has 0 aliphatic heterocycles. The van der Waals surface area contributed by atoms with Gasteiger partial charge in [-0.05, 0) is 24.6 Å². The molecule has 0 fully saturated rings. The summed E-state index contributed by atoms with van der Waals surface area (Å²) >= 11 is 0. The van der Waals surface area contributed by atoms with Gasteiger partial charge in [-0.2, -0.15) is 0 Å². The lowest BCUT2D eigenvalue weighted by atomic mass is 10.2. The first-order valence-electron chi connectivity index (χ1n) is 6.81. The highest BCUT2D eigenvalue weighted by molar-refractivity contribution is 5.36. The van der Waals surface area contributed by atoms with Crippen molar-refractivity contribution in [2.45, 2.75) is 19.6 Å². The molecular weight excluding hydrogens is 268 g/mol. The lowest BCUT2D eigenvalue weighted by molar-refractivity contribution is -0.384. The Bertz CT molecular complexity index is 570. The van der Waals surface area contributed by atoms with Crippen LogP contribution >= 0.6 is 0 Å². The molecule has 5 nitrogen and oxygen atoms in total. The van der Waals surface area contributed by atoms with Gasteiger partial charge >= 0.3 is 0 Å². The van der Waals surface area contributed by atoms with Crippen molar-refractivity contribution in [1.29, 1.82) is 0 Å². The van der Waals surface area contributed by atoms with E-state index < -0.39 is 4.92 Å². The van der Waals surface area contributed by atoms with Crippen LogP contribution in [0.3, 0.4) is 0 Å². The first kappa shape index (κ1) is 15.0. The summed E-state index contributed by atoms with van der Waals surface area (Å²) in [4.78, 5) is 10.1. The minimum Gasteiger partial charge on any atom is -0.489 e. The molecule has 0 bridgehead atoms. The number of rotatable bonds is 7. The van der Waals surface area contributed by atoms with Crippen LogP contribution in [0.15, 0.2) is 54.6 Å². The number of nitrogens with zero attached hydrogens (tertiary/aromatic N) is 1. The van der Waals surface area contributed by atoms with Gasteiger partial charge in [0.25, 0.3) is 5.69 Å². The van der Waals surface area contributed by atoms with Crippen LogP contribution in [0.5, 0.6) is 5.75 Å². The fourth-order valence-electron chi connectivity index (χ4n) is 1.94. The number of hydrogen-bond acceptors (Lipinski definition) is 4. The summed E-state index contributed by atoms with van der Waals surface area (Å²) in [6, 6.07) is 16.3. The second-order valence-corrected chi connectivity index (χ2v) is 4.80. The summed E-state index contributed by atoms with van der Waals surface area (Å²) in [5, 5.41) is 13.9. The highest BCUT2D eigenvalue weighted by atomic mass is 16.6. The van der Waals surface area contributed by atoms with Crippen LogP contribution in [-0.4, -0.2) is 17.6 Å². The first-order chi connectivity index (χ1) is 10.1. The second kappa shape index (κ2) is 7.40. The Morgan fingerprint density at radius 1 is 1.14 bits per heavy atom. The average molecular weight is 286 g/mol. The van der Waals surface area contributed by atoms with E-state index in [1.807, 2.05) is 25.1 Å². The standard InChI is InChI=1S/C16H18N2O3/c1-13(11-17-12-14-5-3-2-4-6-14)21-16-9-7-15(8-10-16)18(19)20/h2-10,13,17H,11-12H2,1H3. The molecule has 1 N–H and O–H groups in total. The molecule has 0 amide bonds. The second-order valence-electron chi connectivity index (χ2n) is 4.80. The fraction of sp³-hybridized carbons (Fsp3) is 0.250. The number of nitro groups is 1. The SMILES string of the molecule is CC(CNCc1ccccc1)Oc1ccc([N+](=O)[O-])cc1. The van der Waals surface area contributed by atoms with Crippen LogP contribution < -0.4 is 10.1 Å². The van der Waals surface area contributed by atoms with Crippen molar-refractivity contribution >= 4 is 5.69 Å². The van der Waals surface area contributed by atoms with Gasteiger partial charge in [-0.1, -0.05) is 30.3 Å². The molecule has 2 aromatic rings. The molecule has 0 saturated heterocycles. The van der Waals surface area contributed by atoms with Crippen LogP contribution in [-0.2, 0) is 6.54 Å². The summed E-state index contributed by atoms with van der Waals surface area (Å²) < 4.78 is 5.70. The van der Waals surface area contributed by atoms with E-state index >= 15 is 0 Å². The Morgan fingerprint density at radius 2 is 1.81 bits per heavy atom. The smallest absolute Gasteiger partial charge is 0.269 e. The van der Waals surface area contributed by atoms with Gasteiger partial charge in [0.1, 0.15) is 11.9 Å². The lowest BCUT2D eigenvalue weighted by Gasteiger charge is -2.15. The van der Waals surface area contributed by atoms with Crippen LogP contribution in [0.1, 0.15) is 12.5 Å². The third-order valence-corrected chi connectivity index (χ3v) is 2.99. The Morgan fingerprint density at radius 3 is 2.43 bits per heavy atom. The van der Waals surface area contributed by atoms with E-state index in [9.17, 15) is 10.1 Å². The molecule has 0 spiro atoms. The molecule has 2 rings (SSSR count). The van der Waals surface area contributed by atoms with Gasteiger partial charge in [0.05, 0.1) is 4.92 Å². The number of benzene rings is 2. The molecule has 21 heavy (non-hydrogen) atoms. The summed E-state index contributed by atoms with van der Waals surface area (Å²) in [5.74, 6) is 0.634. The normalized spacial score (nSPS) is 11.9. The molecule has 110 valence electrons. The topological polar surface area (TPSA) is 64.4 Å². The van der Waals surface area contributed by atoms with Gasteiger partial charge in [0.15, 0.2) is 0 Å². The highest BCUT2D eigenvalue weighted by Gasteiger charge is 2.07. The summed E-state index contributed by atoms with van der Waals surface area (Å²) in [6.45, 7) is 3.44. The number of ether oxygens (including phenoxy) is 1. The third kappa shape index (κ3) is 4.89. The third-order valence-electron chi connectivity index (χ3n) is 2.99. The molecule has 0 aromatic heterocycles. The number of nitrogens with one attached hydrogen (secondary N) is 1. The van der Waals surface area contributed by atoms with Gasteiger partial charge in [0.2, 0.25) is 0 Å². The Balaban J connectivity index is 1.76. The van der Waals surface area contributed by atoms with E-state index in [4.69, 9.17) is 4.74 Å². The molecule has 0 saturated carbocycles. The monoisotopic (exact) mass is 286 g/mol. The summed E-state index contributed by atoms with van der Waals surface area (Å²) in [7, 11) is 0. The van der Waals surface area contributed by atoms with E-state index in [1.54, 1.807) is 12.1 Å². The average Bonchev–Trinajstić information content (AvgIpc) is 2.49. The van der Waals surface area contributed by atoms with Crippen molar-refractivity contribution in [3.05, 3.63) is 70.3 Å². The molecule has 5 heteroatoms. The molecule has 2 aromatic carbocycles. The maximum atomic E-state index is 10.6. The zero-order valence-corrected chi connectivity index (χ0v) is 11.9. The van der Waals surface area contributed by atoms with E-state index in [1.165, 1.54) is 17.7 Å². The largest absolute Gasteiger partial charge is 0.489 e. The zero-order valence-electron chi connectivity index (χ0n) is 11.9. The van der Waals surface area contributed by atoms with Gasteiger partial charge in [-0.15, -0.1) is 0 Å². The molecule has 0 aliphatic rings. The summed E-state index contributed by atoms with van der Waals surface area (Å²) in [5.41, 5.74) is 1.29. The molecular formula is C16H18N2O3. The summed E-state index contributed by atoms with van der Waals surface area (Å²) in [6.07, 6.45) is -0.0184. The maximum absolute atomic E-state index is 10.6. The van der Waals surface area contributed by atoms with Crippen molar-refractivity contribution in [1.82, 2.24) is 5.32 Å². The predicted octanol–water partition coefficient (Wildman–Crippen LogP) is 3.15. The van der Waals surface area contributed by atoms with Crippen molar-refractivity contribution in [2.24, 2.45) is 0 Å². The lowest BCUT2D eigenvalue weighted by Crippen LogP contribution is -2.28. The maximum Gasteiger partial charge on any atom is 0.269 e. The molecule has 0 aliphatic carbocycles. The predicted molar refractivity (Wildman–Crippen MR) is 81.3 cm³/mol. The Hall–Kier alpha value is -2.40. The van der Waals surface area contributed by atoms with Gasteiger partial charge in [-0.25, -0.2) is 0 Å².